The lowest BCUT2D eigenvalue weighted by Gasteiger charge is -2.12. The lowest BCUT2D eigenvalue weighted by atomic mass is 10.0. The average molecular weight is 251 g/mol. The Hall–Kier alpha value is -2.27. The fourth-order valence-electron chi connectivity index (χ4n) is 2.25. The molecule has 2 heteroatoms. The summed E-state index contributed by atoms with van der Waals surface area (Å²) in [6.07, 6.45) is 0. The van der Waals surface area contributed by atoms with E-state index >= 15 is 0 Å². The number of ether oxygens (including phenoxy) is 1. The van der Waals surface area contributed by atoms with Gasteiger partial charge in [-0.3, -0.25) is 0 Å². The minimum atomic E-state index is 0.535. The Morgan fingerprint density at radius 2 is 1.74 bits per heavy atom. The van der Waals surface area contributed by atoms with E-state index in [2.05, 4.69) is 39.0 Å². The van der Waals surface area contributed by atoms with Crippen LogP contribution in [0.25, 0.3) is 0 Å². The molecule has 0 aromatic heterocycles. The summed E-state index contributed by atoms with van der Waals surface area (Å²) >= 11 is 0. The van der Waals surface area contributed by atoms with Gasteiger partial charge in [-0.2, -0.15) is 5.26 Å². The van der Waals surface area contributed by atoms with Gasteiger partial charge in [0.25, 0.3) is 0 Å². The van der Waals surface area contributed by atoms with Gasteiger partial charge in [0.2, 0.25) is 0 Å². The van der Waals surface area contributed by atoms with Crippen LogP contribution < -0.4 is 4.74 Å². The summed E-state index contributed by atoms with van der Waals surface area (Å²) in [6, 6.07) is 13.7. The Morgan fingerprint density at radius 1 is 1.05 bits per heavy atom. The fraction of sp³-hybridized carbons (Fsp3) is 0.235. The van der Waals surface area contributed by atoms with Crippen LogP contribution in [0.3, 0.4) is 0 Å². The van der Waals surface area contributed by atoms with E-state index in [4.69, 9.17) is 10.00 Å². The molecular formula is C17H17NO. The zero-order valence-electron chi connectivity index (χ0n) is 11.5. The van der Waals surface area contributed by atoms with E-state index in [0.29, 0.717) is 12.2 Å². The van der Waals surface area contributed by atoms with Crippen molar-refractivity contribution in [3.8, 4) is 11.8 Å². The first kappa shape index (κ1) is 13.2. The molecule has 0 amide bonds. The first-order valence-corrected chi connectivity index (χ1v) is 6.30. The summed E-state index contributed by atoms with van der Waals surface area (Å²) in [5.41, 5.74) is 5.59. The third kappa shape index (κ3) is 3.14. The van der Waals surface area contributed by atoms with Crippen molar-refractivity contribution in [2.45, 2.75) is 27.4 Å². The van der Waals surface area contributed by atoms with Crippen LogP contribution in [0, 0.1) is 32.1 Å². The highest BCUT2D eigenvalue weighted by atomic mass is 16.5. The van der Waals surface area contributed by atoms with Crippen molar-refractivity contribution in [2.75, 3.05) is 0 Å². The molecule has 0 aliphatic carbocycles. The van der Waals surface area contributed by atoms with Crippen LogP contribution in [-0.4, -0.2) is 0 Å². The van der Waals surface area contributed by atoms with Gasteiger partial charge >= 0.3 is 0 Å². The van der Waals surface area contributed by atoms with Crippen LogP contribution in [0.2, 0.25) is 0 Å². The molecular weight excluding hydrogens is 234 g/mol. The van der Waals surface area contributed by atoms with Crippen LogP contribution in [0.4, 0.5) is 0 Å². The van der Waals surface area contributed by atoms with E-state index in [1.165, 1.54) is 22.3 Å². The Bertz CT molecular complexity index is 615. The van der Waals surface area contributed by atoms with E-state index in [1.54, 1.807) is 12.1 Å². The maximum atomic E-state index is 8.86. The molecule has 2 rings (SSSR count). The number of nitriles is 1. The van der Waals surface area contributed by atoms with Crippen molar-refractivity contribution < 1.29 is 4.74 Å². The molecule has 0 bridgehead atoms. The third-order valence-corrected chi connectivity index (χ3v) is 3.19. The molecule has 0 radical (unpaired) electrons. The van der Waals surface area contributed by atoms with E-state index in [9.17, 15) is 0 Å². The van der Waals surface area contributed by atoms with Crippen molar-refractivity contribution in [1.29, 1.82) is 5.26 Å². The second-order valence-electron chi connectivity index (χ2n) is 4.81. The molecule has 2 aromatic carbocycles. The van der Waals surface area contributed by atoms with Gasteiger partial charge in [0, 0.05) is 0 Å². The highest BCUT2D eigenvalue weighted by Crippen LogP contribution is 2.20. The molecule has 0 atom stereocenters. The SMILES string of the molecule is Cc1cc(C)c(COc2cccc(C#N)c2)c(C)c1. The highest BCUT2D eigenvalue weighted by molar-refractivity contribution is 5.39. The summed E-state index contributed by atoms with van der Waals surface area (Å²) in [5, 5.41) is 8.86. The predicted molar refractivity (Wildman–Crippen MR) is 76.1 cm³/mol. The Kier molecular flexibility index (Phi) is 3.87. The Balaban J connectivity index is 2.17. The van der Waals surface area contributed by atoms with Gasteiger partial charge in [0.15, 0.2) is 0 Å². The summed E-state index contributed by atoms with van der Waals surface area (Å²) in [4.78, 5) is 0. The standard InChI is InChI=1S/C17H17NO/c1-12-7-13(2)17(14(3)8-12)11-19-16-6-4-5-15(9-16)10-18/h4-9H,11H2,1-3H3. The normalized spacial score (nSPS) is 10.0. The summed E-state index contributed by atoms with van der Waals surface area (Å²) < 4.78 is 5.78. The van der Waals surface area contributed by atoms with E-state index in [0.717, 1.165) is 5.75 Å². The molecule has 0 fully saturated rings. The van der Waals surface area contributed by atoms with E-state index in [-0.39, 0.29) is 0 Å². The van der Waals surface area contributed by atoms with Crippen molar-refractivity contribution in [3.05, 3.63) is 64.2 Å². The largest absolute Gasteiger partial charge is 0.489 e. The summed E-state index contributed by atoms with van der Waals surface area (Å²) in [6.45, 7) is 6.84. The second-order valence-corrected chi connectivity index (χ2v) is 4.81. The van der Waals surface area contributed by atoms with E-state index < -0.39 is 0 Å². The maximum absolute atomic E-state index is 8.86. The van der Waals surface area contributed by atoms with Crippen molar-refractivity contribution in [1.82, 2.24) is 0 Å². The first-order valence-electron chi connectivity index (χ1n) is 6.30. The lowest BCUT2D eigenvalue weighted by molar-refractivity contribution is 0.304. The van der Waals surface area contributed by atoms with Crippen LogP contribution >= 0.6 is 0 Å². The molecule has 96 valence electrons. The minimum absolute atomic E-state index is 0.535. The maximum Gasteiger partial charge on any atom is 0.121 e. The molecule has 0 aliphatic heterocycles. The molecule has 0 saturated heterocycles. The Labute approximate surface area is 114 Å². The number of aryl methyl sites for hydroxylation is 3. The van der Waals surface area contributed by atoms with Crippen LogP contribution in [0.1, 0.15) is 27.8 Å². The number of benzene rings is 2. The van der Waals surface area contributed by atoms with Crippen molar-refractivity contribution in [2.24, 2.45) is 0 Å². The Morgan fingerprint density at radius 3 is 2.37 bits per heavy atom. The second kappa shape index (κ2) is 5.58. The minimum Gasteiger partial charge on any atom is -0.489 e. The quantitative estimate of drug-likeness (QED) is 0.824. The lowest BCUT2D eigenvalue weighted by Crippen LogP contribution is -2.01. The fourth-order valence-corrected chi connectivity index (χ4v) is 2.25. The predicted octanol–water partition coefficient (Wildman–Crippen LogP) is 4.06. The van der Waals surface area contributed by atoms with E-state index in [1.807, 2.05) is 12.1 Å². The molecule has 0 N–H and O–H groups in total. The van der Waals surface area contributed by atoms with Gasteiger partial charge < -0.3 is 4.74 Å². The van der Waals surface area contributed by atoms with Gasteiger partial charge in [-0.1, -0.05) is 23.8 Å². The zero-order valence-corrected chi connectivity index (χ0v) is 11.5. The molecule has 19 heavy (non-hydrogen) atoms. The van der Waals surface area contributed by atoms with Gasteiger partial charge in [0.05, 0.1) is 11.6 Å². The van der Waals surface area contributed by atoms with Crippen molar-refractivity contribution in [3.63, 3.8) is 0 Å². The number of hydrogen-bond acceptors (Lipinski definition) is 2. The monoisotopic (exact) mass is 251 g/mol. The van der Waals surface area contributed by atoms with Gasteiger partial charge in [-0.15, -0.1) is 0 Å². The number of rotatable bonds is 3. The molecule has 2 nitrogen and oxygen atoms in total. The van der Waals surface area contributed by atoms with Crippen molar-refractivity contribution >= 4 is 0 Å². The first-order chi connectivity index (χ1) is 9.10. The van der Waals surface area contributed by atoms with Crippen LogP contribution in [-0.2, 0) is 6.61 Å². The molecule has 0 spiro atoms. The molecule has 0 unspecified atom stereocenters. The molecule has 2 aromatic rings. The smallest absolute Gasteiger partial charge is 0.121 e. The summed E-state index contributed by atoms with van der Waals surface area (Å²) in [5.74, 6) is 0.735. The third-order valence-electron chi connectivity index (χ3n) is 3.19. The molecule has 0 aliphatic rings. The summed E-state index contributed by atoms with van der Waals surface area (Å²) in [7, 11) is 0. The number of nitrogens with zero attached hydrogens (tertiary/aromatic N) is 1. The molecule has 0 heterocycles. The van der Waals surface area contributed by atoms with Gasteiger partial charge in [0.1, 0.15) is 12.4 Å². The van der Waals surface area contributed by atoms with Crippen LogP contribution in [0.15, 0.2) is 36.4 Å². The number of hydrogen-bond donors (Lipinski definition) is 0. The highest BCUT2D eigenvalue weighted by Gasteiger charge is 2.05. The average Bonchev–Trinajstić information content (AvgIpc) is 2.37. The zero-order chi connectivity index (χ0) is 13.8. The van der Waals surface area contributed by atoms with Crippen LogP contribution in [0.5, 0.6) is 5.75 Å². The van der Waals surface area contributed by atoms with Gasteiger partial charge in [-0.05, 0) is 55.7 Å². The molecule has 0 saturated carbocycles. The topological polar surface area (TPSA) is 33.0 Å². The van der Waals surface area contributed by atoms with Gasteiger partial charge in [-0.25, -0.2) is 0 Å².